The van der Waals surface area contributed by atoms with Crippen molar-refractivity contribution in [2.45, 2.75) is 45.1 Å². The van der Waals surface area contributed by atoms with E-state index in [4.69, 9.17) is 4.98 Å². The Labute approximate surface area is 226 Å². The van der Waals surface area contributed by atoms with Crippen molar-refractivity contribution in [2.75, 3.05) is 11.4 Å². The van der Waals surface area contributed by atoms with Crippen LogP contribution in [0, 0.1) is 5.92 Å². The lowest BCUT2D eigenvalue weighted by atomic mass is 9.96. The Balaban J connectivity index is 1.30. The normalized spacial score (nSPS) is 15.0. The van der Waals surface area contributed by atoms with Gasteiger partial charge in [-0.05, 0) is 74.4 Å². The lowest BCUT2D eigenvalue weighted by molar-refractivity contribution is 0.0786. The molecule has 0 saturated heterocycles. The van der Waals surface area contributed by atoms with Gasteiger partial charge in [-0.2, -0.15) is 0 Å². The van der Waals surface area contributed by atoms with Crippen LogP contribution in [-0.4, -0.2) is 28.3 Å². The number of aliphatic hydroxyl groups is 1. The average molecular weight is 523 g/mol. The highest BCUT2D eigenvalue weighted by Crippen LogP contribution is 2.43. The van der Waals surface area contributed by atoms with Gasteiger partial charge in [-0.1, -0.05) is 48.5 Å². The molecule has 0 spiro atoms. The number of hydrogen-bond acceptors (Lipinski definition) is 5. The fourth-order valence-corrected chi connectivity index (χ4v) is 6.22. The van der Waals surface area contributed by atoms with Crippen molar-refractivity contribution in [3.05, 3.63) is 94.5 Å². The zero-order valence-electron chi connectivity index (χ0n) is 21.6. The van der Waals surface area contributed by atoms with E-state index in [1.165, 1.54) is 0 Å². The van der Waals surface area contributed by atoms with Crippen LogP contribution in [0.3, 0.4) is 0 Å². The first-order valence-electron chi connectivity index (χ1n) is 13.2. The number of ketones is 1. The van der Waals surface area contributed by atoms with Gasteiger partial charge in [0, 0.05) is 29.0 Å². The number of benzene rings is 2. The molecule has 38 heavy (non-hydrogen) atoms. The summed E-state index contributed by atoms with van der Waals surface area (Å²) in [4.78, 5) is 35.1. The first-order valence-corrected chi connectivity index (χ1v) is 14.0. The number of aromatic nitrogens is 1. The van der Waals surface area contributed by atoms with Gasteiger partial charge >= 0.3 is 0 Å². The van der Waals surface area contributed by atoms with Crippen LogP contribution in [0.5, 0.6) is 0 Å². The first kappa shape index (κ1) is 24.7. The summed E-state index contributed by atoms with van der Waals surface area (Å²) in [6.07, 6.45) is 3.66. The van der Waals surface area contributed by atoms with Crippen LogP contribution in [0.1, 0.15) is 64.4 Å². The molecule has 192 valence electrons. The number of fused-ring (bicyclic) bond motifs is 3. The molecule has 1 aliphatic carbocycles. The number of amides is 1. The Kier molecular flexibility index (Phi) is 6.25. The number of rotatable bonds is 6. The molecule has 0 bridgehead atoms. The molecule has 0 unspecified atom stereocenters. The summed E-state index contributed by atoms with van der Waals surface area (Å²) in [5.41, 5.74) is 4.84. The van der Waals surface area contributed by atoms with Gasteiger partial charge in [0.25, 0.3) is 5.91 Å². The summed E-state index contributed by atoms with van der Waals surface area (Å²) in [5.74, 6) is 0.660. The Morgan fingerprint density at radius 2 is 1.79 bits per heavy atom. The maximum Gasteiger partial charge on any atom is 0.276 e. The summed E-state index contributed by atoms with van der Waals surface area (Å²) in [6, 6.07) is 23.1. The molecule has 0 radical (unpaired) electrons. The Bertz CT molecular complexity index is 1530. The van der Waals surface area contributed by atoms with Crippen molar-refractivity contribution in [1.82, 2.24) is 4.98 Å². The Morgan fingerprint density at radius 1 is 1.03 bits per heavy atom. The number of hydrogen-bond donors (Lipinski definition) is 1. The monoisotopic (exact) mass is 522 g/mol. The smallest absolute Gasteiger partial charge is 0.276 e. The number of Topliss-reactive ketones (excluding diaryl/α,β-unsaturated/α-hetero) is 1. The van der Waals surface area contributed by atoms with Gasteiger partial charge in [0.15, 0.2) is 5.78 Å². The number of carbonyl (C=O) groups is 2. The van der Waals surface area contributed by atoms with Crippen LogP contribution in [0.4, 0.5) is 5.69 Å². The lowest BCUT2D eigenvalue weighted by Gasteiger charge is -2.23. The van der Waals surface area contributed by atoms with E-state index < -0.39 is 5.60 Å². The van der Waals surface area contributed by atoms with Gasteiger partial charge in [0.1, 0.15) is 5.69 Å². The van der Waals surface area contributed by atoms with Crippen LogP contribution >= 0.6 is 11.3 Å². The molecule has 1 fully saturated rings. The number of nitrogens with zero attached hydrogens (tertiary/aromatic N) is 2. The molecule has 6 rings (SSSR count). The van der Waals surface area contributed by atoms with Crippen LogP contribution < -0.4 is 4.90 Å². The maximum atomic E-state index is 13.8. The molecule has 1 saturated carbocycles. The van der Waals surface area contributed by atoms with E-state index in [0.717, 1.165) is 50.5 Å². The van der Waals surface area contributed by atoms with E-state index >= 15 is 0 Å². The highest BCUT2D eigenvalue weighted by molar-refractivity contribution is 7.17. The molecule has 1 N–H and O–H groups in total. The molecule has 5 nitrogen and oxygen atoms in total. The quantitative estimate of drug-likeness (QED) is 0.280. The highest BCUT2D eigenvalue weighted by atomic mass is 32.1. The topological polar surface area (TPSA) is 70.5 Å². The molecule has 0 atom stereocenters. The molecule has 1 amide bonds. The predicted molar refractivity (Wildman–Crippen MR) is 152 cm³/mol. The minimum atomic E-state index is -0.920. The summed E-state index contributed by atoms with van der Waals surface area (Å²) in [7, 11) is 0. The zero-order chi connectivity index (χ0) is 26.4. The second kappa shape index (κ2) is 9.61. The van der Waals surface area contributed by atoms with E-state index in [1.54, 1.807) is 31.3 Å². The SMILES string of the molecule is CC(C)(O)c1ccc(-c2cccc(C(=O)N3CCc4cc(C(=O)CC5CC5)sc4-c4ccccc43)n2)cc1. The van der Waals surface area contributed by atoms with E-state index in [0.29, 0.717) is 36.7 Å². The zero-order valence-corrected chi connectivity index (χ0v) is 22.4. The third-order valence-corrected chi connectivity index (χ3v) is 8.65. The molecule has 4 aromatic rings. The van der Waals surface area contributed by atoms with E-state index in [2.05, 4.69) is 0 Å². The third-order valence-electron chi connectivity index (χ3n) is 7.40. The fraction of sp³-hybridized carbons (Fsp3) is 0.281. The van der Waals surface area contributed by atoms with Gasteiger partial charge < -0.3 is 10.0 Å². The van der Waals surface area contributed by atoms with Crippen molar-refractivity contribution in [1.29, 1.82) is 0 Å². The number of thiophene rings is 1. The van der Waals surface area contributed by atoms with Crippen LogP contribution in [0.25, 0.3) is 21.7 Å². The molecule has 2 aromatic heterocycles. The molecule has 2 aliphatic rings. The van der Waals surface area contributed by atoms with Crippen LogP contribution in [0.2, 0.25) is 0 Å². The van der Waals surface area contributed by atoms with Crippen molar-refractivity contribution in [2.24, 2.45) is 5.92 Å². The summed E-state index contributed by atoms with van der Waals surface area (Å²) in [5, 5.41) is 10.3. The summed E-state index contributed by atoms with van der Waals surface area (Å²) in [6.45, 7) is 4.02. The minimum absolute atomic E-state index is 0.146. The minimum Gasteiger partial charge on any atom is -0.386 e. The first-order chi connectivity index (χ1) is 18.3. The summed E-state index contributed by atoms with van der Waals surface area (Å²) >= 11 is 1.56. The van der Waals surface area contributed by atoms with Gasteiger partial charge in [-0.15, -0.1) is 11.3 Å². The number of carbonyl (C=O) groups excluding carboxylic acids is 2. The fourth-order valence-electron chi connectivity index (χ4n) is 5.03. The second-order valence-electron chi connectivity index (χ2n) is 10.8. The number of pyridine rings is 1. The van der Waals surface area contributed by atoms with Crippen LogP contribution in [-0.2, 0) is 12.0 Å². The predicted octanol–water partition coefficient (Wildman–Crippen LogP) is 6.89. The molecule has 6 heteroatoms. The third kappa shape index (κ3) is 4.82. The van der Waals surface area contributed by atoms with Crippen molar-refractivity contribution >= 4 is 28.7 Å². The number of anilines is 1. The van der Waals surface area contributed by atoms with Gasteiger partial charge in [0.05, 0.1) is 21.9 Å². The van der Waals surface area contributed by atoms with Gasteiger partial charge in [-0.25, -0.2) is 4.98 Å². The molecular formula is C32H30N2O3S. The van der Waals surface area contributed by atoms with E-state index in [9.17, 15) is 14.7 Å². The van der Waals surface area contributed by atoms with Crippen molar-refractivity contribution in [3.8, 4) is 21.7 Å². The molecule has 2 aromatic carbocycles. The molecule has 3 heterocycles. The molecular weight excluding hydrogens is 492 g/mol. The molecule has 1 aliphatic heterocycles. The van der Waals surface area contributed by atoms with E-state index in [-0.39, 0.29) is 11.7 Å². The Morgan fingerprint density at radius 3 is 2.53 bits per heavy atom. The van der Waals surface area contributed by atoms with E-state index in [1.807, 2.05) is 71.6 Å². The standard InChI is InChI=1S/C32H30N2O3S/c1-32(2,37)23-14-12-21(13-15-23)25-7-5-8-26(33-25)31(36)34-17-16-22-19-29(28(35)18-20-10-11-20)38-30(22)24-6-3-4-9-27(24)34/h3-9,12-15,19-20,37H,10-11,16-18H2,1-2H3. The van der Waals surface area contributed by atoms with Gasteiger partial charge in [0.2, 0.25) is 0 Å². The second-order valence-corrected chi connectivity index (χ2v) is 11.9. The van der Waals surface area contributed by atoms with Crippen molar-refractivity contribution in [3.63, 3.8) is 0 Å². The Hall–Kier alpha value is -3.61. The highest BCUT2D eigenvalue weighted by Gasteiger charge is 2.30. The summed E-state index contributed by atoms with van der Waals surface area (Å²) < 4.78 is 0. The number of para-hydroxylation sites is 1. The lowest BCUT2D eigenvalue weighted by Crippen LogP contribution is -2.33. The van der Waals surface area contributed by atoms with Crippen molar-refractivity contribution < 1.29 is 14.7 Å². The maximum absolute atomic E-state index is 13.8. The average Bonchev–Trinajstić information content (AvgIpc) is 3.66. The van der Waals surface area contributed by atoms with Gasteiger partial charge in [-0.3, -0.25) is 9.59 Å². The largest absolute Gasteiger partial charge is 0.386 e. The van der Waals surface area contributed by atoms with Crippen LogP contribution in [0.15, 0.2) is 72.8 Å².